The molecule has 0 unspecified atom stereocenters. The number of guanidine groups is 1. The van der Waals surface area contributed by atoms with Gasteiger partial charge in [0.2, 0.25) is 0 Å². The summed E-state index contributed by atoms with van der Waals surface area (Å²) in [5.74, 6) is 0.835. The Hall–Kier alpha value is -1.83. The number of piperidine rings is 1. The first-order chi connectivity index (χ1) is 12.7. The molecule has 2 fully saturated rings. The highest BCUT2D eigenvalue weighted by Gasteiger charge is 2.26. The maximum Gasteiger partial charge on any atom is 0.308 e. The van der Waals surface area contributed by atoms with Crippen LogP contribution < -0.4 is 10.2 Å². The van der Waals surface area contributed by atoms with E-state index in [-0.39, 0.29) is 11.9 Å². The summed E-state index contributed by atoms with van der Waals surface area (Å²) in [4.78, 5) is 25.4. The van der Waals surface area contributed by atoms with E-state index in [1.807, 2.05) is 7.05 Å². The third-order valence-corrected chi connectivity index (χ3v) is 6.07. The number of aliphatic imine (C=N–C) groups is 1. The number of rotatable bonds is 5. The largest absolute Gasteiger partial charge is 0.469 e. The fourth-order valence-corrected chi connectivity index (χ4v) is 4.51. The number of thiazole rings is 1. The minimum Gasteiger partial charge on any atom is -0.469 e. The lowest BCUT2D eigenvalue weighted by Crippen LogP contribution is -2.47. The molecule has 8 heteroatoms. The number of ether oxygens (including phenoxy) is 1. The maximum atomic E-state index is 11.6. The van der Waals surface area contributed by atoms with Gasteiger partial charge in [0.25, 0.3) is 0 Å². The number of nitrogens with one attached hydrogen (secondary N) is 1. The van der Waals surface area contributed by atoms with Crippen molar-refractivity contribution >= 4 is 28.4 Å². The molecule has 2 aliphatic heterocycles. The normalized spacial score (nSPS) is 19.1. The fourth-order valence-electron chi connectivity index (χ4n) is 3.59. The average Bonchev–Trinajstić information content (AvgIpc) is 3.36. The van der Waals surface area contributed by atoms with Crippen LogP contribution in [0.5, 0.6) is 0 Å². The molecule has 2 aliphatic rings. The summed E-state index contributed by atoms with van der Waals surface area (Å²) in [5, 5.41) is 6.76. The third kappa shape index (κ3) is 4.66. The SMILES string of the molecule is CN=C(NCCc1csc(N2CCCC2)n1)N1CCC(C(=O)OC)CC1. The quantitative estimate of drug-likeness (QED) is 0.477. The average molecular weight is 380 g/mol. The molecule has 0 spiro atoms. The van der Waals surface area contributed by atoms with E-state index in [1.54, 1.807) is 11.3 Å². The van der Waals surface area contributed by atoms with Crippen LogP contribution in [0.25, 0.3) is 0 Å². The van der Waals surface area contributed by atoms with Gasteiger partial charge in [0.15, 0.2) is 11.1 Å². The molecule has 0 aromatic carbocycles. The summed E-state index contributed by atoms with van der Waals surface area (Å²) < 4.78 is 4.85. The summed E-state index contributed by atoms with van der Waals surface area (Å²) in [6.45, 7) is 4.75. The zero-order chi connectivity index (χ0) is 18.4. The summed E-state index contributed by atoms with van der Waals surface area (Å²) in [5.41, 5.74) is 1.14. The van der Waals surface area contributed by atoms with E-state index in [2.05, 4.69) is 25.5 Å². The third-order valence-electron chi connectivity index (χ3n) is 5.12. The van der Waals surface area contributed by atoms with Crippen molar-refractivity contribution in [1.29, 1.82) is 0 Å². The number of carbonyl (C=O) groups is 1. The number of nitrogens with zero attached hydrogens (tertiary/aromatic N) is 4. The van der Waals surface area contributed by atoms with Gasteiger partial charge in [0, 0.05) is 51.6 Å². The summed E-state index contributed by atoms with van der Waals surface area (Å²) in [6.07, 6.45) is 5.08. The van der Waals surface area contributed by atoms with Crippen LogP contribution in [0.3, 0.4) is 0 Å². The lowest BCUT2D eigenvalue weighted by Gasteiger charge is -2.33. The smallest absolute Gasteiger partial charge is 0.308 e. The monoisotopic (exact) mass is 379 g/mol. The standard InChI is InChI=1S/C18H29N5O2S/c1-19-17(22-11-6-14(7-12-22)16(24)25-2)20-8-5-15-13-26-18(21-15)23-9-3-4-10-23/h13-14H,3-12H2,1-2H3,(H,19,20). The number of hydrogen-bond acceptors (Lipinski definition) is 6. The van der Waals surface area contributed by atoms with E-state index in [1.165, 1.54) is 20.0 Å². The van der Waals surface area contributed by atoms with Crippen LogP contribution in [0.1, 0.15) is 31.4 Å². The molecule has 144 valence electrons. The lowest BCUT2D eigenvalue weighted by molar-refractivity contribution is -0.146. The molecule has 2 saturated heterocycles. The van der Waals surface area contributed by atoms with Crippen molar-refractivity contribution in [2.45, 2.75) is 32.1 Å². The molecular weight excluding hydrogens is 350 g/mol. The summed E-state index contributed by atoms with van der Waals surface area (Å²) >= 11 is 1.75. The lowest BCUT2D eigenvalue weighted by atomic mass is 9.97. The van der Waals surface area contributed by atoms with Crippen molar-refractivity contribution in [2.75, 3.05) is 51.8 Å². The molecule has 7 nitrogen and oxygen atoms in total. The van der Waals surface area contributed by atoms with Gasteiger partial charge in [-0.05, 0) is 25.7 Å². The summed E-state index contributed by atoms with van der Waals surface area (Å²) in [6, 6.07) is 0. The number of aromatic nitrogens is 1. The first kappa shape index (κ1) is 18.9. The number of anilines is 1. The summed E-state index contributed by atoms with van der Waals surface area (Å²) in [7, 11) is 3.27. The van der Waals surface area contributed by atoms with E-state index in [4.69, 9.17) is 9.72 Å². The predicted molar refractivity (Wildman–Crippen MR) is 105 cm³/mol. The molecule has 26 heavy (non-hydrogen) atoms. The topological polar surface area (TPSA) is 70.1 Å². The van der Waals surface area contributed by atoms with Gasteiger partial charge in [-0.1, -0.05) is 0 Å². The second-order valence-electron chi connectivity index (χ2n) is 6.82. The molecule has 1 aromatic heterocycles. The molecule has 0 amide bonds. The molecule has 0 bridgehead atoms. The van der Waals surface area contributed by atoms with Crippen molar-refractivity contribution in [2.24, 2.45) is 10.9 Å². The van der Waals surface area contributed by atoms with Crippen LogP contribution in [-0.2, 0) is 16.0 Å². The van der Waals surface area contributed by atoms with Crippen LogP contribution in [-0.4, -0.2) is 68.7 Å². The fraction of sp³-hybridized carbons (Fsp3) is 0.722. The first-order valence-corrected chi connectivity index (χ1v) is 10.3. The predicted octanol–water partition coefficient (Wildman–Crippen LogP) is 1.75. The zero-order valence-electron chi connectivity index (χ0n) is 15.7. The van der Waals surface area contributed by atoms with Crippen LogP contribution in [0.15, 0.2) is 10.4 Å². The van der Waals surface area contributed by atoms with E-state index >= 15 is 0 Å². The zero-order valence-corrected chi connectivity index (χ0v) is 16.6. The number of methoxy groups -OCH3 is 1. The first-order valence-electron chi connectivity index (χ1n) is 9.44. The van der Waals surface area contributed by atoms with Gasteiger partial charge >= 0.3 is 5.97 Å². The van der Waals surface area contributed by atoms with Gasteiger partial charge < -0.3 is 19.9 Å². The Kier molecular flexibility index (Phi) is 6.71. The molecule has 0 radical (unpaired) electrons. The molecule has 1 aromatic rings. The minimum absolute atomic E-state index is 0.0216. The highest BCUT2D eigenvalue weighted by Crippen LogP contribution is 2.24. The number of carbonyl (C=O) groups excluding carboxylic acids is 1. The van der Waals surface area contributed by atoms with E-state index in [0.717, 1.165) is 68.8 Å². The van der Waals surface area contributed by atoms with E-state index < -0.39 is 0 Å². The second-order valence-corrected chi connectivity index (χ2v) is 7.66. The van der Waals surface area contributed by atoms with Crippen LogP contribution in [0, 0.1) is 5.92 Å². The molecular formula is C18H29N5O2S. The van der Waals surface area contributed by atoms with Gasteiger partial charge in [-0.2, -0.15) is 0 Å². The maximum absolute atomic E-state index is 11.6. The van der Waals surface area contributed by atoms with Crippen LogP contribution >= 0.6 is 11.3 Å². The molecule has 3 heterocycles. The Morgan fingerprint density at radius 1 is 1.35 bits per heavy atom. The Balaban J connectivity index is 1.43. The Morgan fingerprint density at radius 3 is 2.73 bits per heavy atom. The highest BCUT2D eigenvalue weighted by molar-refractivity contribution is 7.13. The van der Waals surface area contributed by atoms with Crippen LogP contribution in [0.2, 0.25) is 0 Å². The van der Waals surface area contributed by atoms with Crippen molar-refractivity contribution in [3.63, 3.8) is 0 Å². The molecule has 1 N–H and O–H groups in total. The van der Waals surface area contributed by atoms with Crippen molar-refractivity contribution < 1.29 is 9.53 Å². The Morgan fingerprint density at radius 2 is 2.08 bits per heavy atom. The van der Waals surface area contributed by atoms with E-state index in [9.17, 15) is 4.79 Å². The van der Waals surface area contributed by atoms with Gasteiger partial charge in [-0.15, -0.1) is 11.3 Å². The van der Waals surface area contributed by atoms with Gasteiger partial charge in [-0.3, -0.25) is 9.79 Å². The van der Waals surface area contributed by atoms with Crippen molar-refractivity contribution in [1.82, 2.24) is 15.2 Å². The molecule has 0 aliphatic carbocycles. The van der Waals surface area contributed by atoms with Gasteiger partial charge in [0.1, 0.15) is 0 Å². The Labute approximate surface area is 159 Å². The second kappa shape index (κ2) is 9.21. The van der Waals surface area contributed by atoms with Gasteiger partial charge in [-0.25, -0.2) is 4.98 Å². The number of hydrogen-bond donors (Lipinski definition) is 1. The number of esters is 1. The molecule has 0 atom stereocenters. The van der Waals surface area contributed by atoms with Crippen molar-refractivity contribution in [3.8, 4) is 0 Å². The Bertz CT molecular complexity index is 619. The molecule has 3 rings (SSSR count). The van der Waals surface area contributed by atoms with Crippen LogP contribution in [0.4, 0.5) is 5.13 Å². The van der Waals surface area contributed by atoms with E-state index in [0.29, 0.717) is 0 Å². The number of likely N-dealkylation sites (tertiary alicyclic amines) is 1. The minimum atomic E-state index is -0.0927. The molecule has 0 saturated carbocycles. The van der Waals surface area contributed by atoms with Crippen molar-refractivity contribution in [3.05, 3.63) is 11.1 Å². The highest BCUT2D eigenvalue weighted by atomic mass is 32.1. The van der Waals surface area contributed by atoms with Gasteiger partial charge in [0.05, 0.1) is 18.7 Å².